The first-order chi connectivity index (χ1) is 18.3. The molecular weight excluding hydrogens is 473 g/mol. The number of rotatable bonds is 3. The topological polar surface area (TPSA) is 37.4 Å². The van der Waals surface area contributed by atoms with Gasteiger partial charge in [-0.25, -0.2) is 4.39 Å². The Bertz CT molecular complexity index is 1270. The summed E-state index contributed by atoms with van der Waals surface area (Å²) in [6.45, 7) is 8.03. The van der Waals surface area contributed by atoms with Gasteiger partial charge < -0.3 is 4.90 Å². The fraction of sp³-hybridized carbons (Fsp3) is 0.588. The molecule has 6 atom stereocenters. The van der Waals surface area contributed by atoms with Crippen molar-refractivity contribution in [1.82, 2.24) is 0 Å². The lowest BCUT2D eigenvalue weighted by Gasteiger charge is -2.55. The third kappa shape index (κ3) is 3.75. The van der Waals surface area contributed by atoms with Crippen molar-refractivity contribution in [3.8, 4) is 11.8 Å². The summed E-state index contributed by atoms with van der Waals surface area (Å²) in [4.78, 5) is 28.1. The van der Waals surface area contributed by atoms with Crippen LogP contribution in [-0.2, 0) is 9.59 Å². The van der Waals surface area contributed by atoms with Crippen molar-refractivity contribution < 1.29 is 14.0 Å². The van der Waals surface area contributed by atoms with Crippen molar-refractivity contribution in [2.45, 2.75) is 90.6 Å². The third-order valence-electron chi connectivity index (χ3n) is 10.9. The Labute approximate surface area is 226 Å². The molecular formula is C34H40FNO2. The van der Waals surface area contributed by atoms with E-state index in [0.29, 0.717) is 24.8 Å². The Morgan fingerprint density at radius 2 is 1.84 bits per heavy atom. The number of piperidine rings is 1. The number of ketones is 2. The lowest BCUT2D eigenvalue weighted by Crippen LogP contribution is -2.51. The van der Waals surface area contributed by atoms with E-state index in [9.17, 15) is 9.59 Å². The molecule has 0 bridgehead atoms. The number of anilines is 1. The second kappa shape index (κ2) is 9.51. The molecule has 0 aromatic heterocycles. The second-order valence-electron chi connectivity index (χ2n) is 12.6. The molecule has 5 aliphatic rings. The van der Waals surface area contributed by atoms with E-state index in [2.05, 4.69) is 47.9 Å². The van der Waals surface area contributed by atoms with Gasteiger partial charge in [-0.15, -0.1) is 5.92 Å². The minimum Gasteiger partial charge on any atom is -0.372 e. The maximum atomic E-state index is 15.8. The van der Waals surface area contributed by atoms with Crippen LogP contribution in [0, 0.1) is 34.5 Å². The molecule has 0 amide bonds. The second-order valence-corrected chi connectivity index (χ2v) is 12.6. The molecule has 3 fully saturated rings. The van der Waals surface area contributed by atoms with Gasteiger partial charge in [-0.3, -0.25) is 9.59 Å². The molecule has 2 unspecified atom stereocenters. The Morgan fingerprint density at radius 1 is 1.11 bits per heavy atom. The molecule has 3 nitrogen and oxygen atoms in total. The number of carbonyl (C=O) groups excluding carboxylic acids is 2. The molecule has 1 aromatic rings. The Kier molecular flexibility index (Phi) is 6.41. The standard InChI is InChI=1S/C34H40FNO2/c1-4-15-34(22(2)37)16-14-30-28-20-31(35)27-19-25(38)12-13-26(27)32(28)29(21-33(30,34)3)23-8-10-24(11-9-23)36-17-6-5-7-18-36/h8-11,19,28-31H,5-7,12-14,16-18,20-21H2,1-3H3/t28-,29?,30-,31?,33-,34+/m0/s1. The highest BCUT2D eigenvalue weighted by Gasteiger charge is 2.65. The van der Waals surface area contributed by atoms with Gasteiger partial charge in [0.15, 0.2) is 5.78 Å². The number of Topliss-reactive ketones (excluding diaryl/α,β-unsaturated/α-hetero) is 1. The van der Waals surface area contributed by atoms with Crippen molar-refractivity contribution >= 4 is 17.3 Å². The molecule has 0 N–H and O–H groups in total. The molecule has 6 rings (SSSR count). The summed E-state index contributed by atoms with van der Waals surface area (Å²) in [5, 5.41) is 0. The molecule has 2 saturated carbocycles. The summed E-state index contributed by atoms with van der Waals surface area (Å²) < 4.78 is 15.8. The van der Waals surface area contributed by atoms with Crippen LogP contribution in [0.1, 0.15) is 90.0 Å². The zero-order valence-electron chi connectivity index (χ0n) is 23.1. The van der Waals surface area contributed by atoms with Crippen molar-refractivity contribution in [2.24, 2.45) is 22.7 Å². The molecule has 38 heavy (non-hydrogen) atoms. The molecule has 4 heteroatoms. The van der Waals surface area contributed by atoms with E-state index >= 15 is 4.39 Å². The number of alkyl halides is 1. The van der Waals surface area contributed by atoms with E-state index in [4.69, 9.17) is 0 Å². The van der Waals surface area contributed by atoms with Crippen LogP contribution in [0.25, 0.3) is 0 Å². The highest BCUT2D eigenvalue weighted by Crippen LogP contribution is 2.69. The Morgan fingerprint density at radius 3 is 2.53 bits per heavy atom. The lowest BCUT2D eigenvalue weighted by molar-refractivity contribution is -0.130. The van der Waals surface area contributed by atoms with Gasteiger partial charge in [0.05, 0.1) is 5.41 Å². The van der Waals surface area contributed by atoms with Gasteiger partial charge in [-0.05, 0) is 117 Å². The van der Waals surface area contributed by atoms with E-state index in [1.54, 1.807) is 13.0 Å². The van der Waals surface area contributed by atoms with Crippen LogP contribution >= 0.6 is 0 Å². The van der Waals surface area contributed by atoms with Crippen LogP contribution in [0.15, 0.2) is 47.1 Å². The number of benzene rings is 1. The monoisotopic (exact) mass is 513 g/mol. The highest BCUT2D eigenvalue weighted by atomic mass is 19.1. The maximum absolute atomic E-state index is 15.8. The predicted molar refractivity (Wildman–Crippen MR) is 150 cm³/mol. The number of carbonyl (C=O) groups is 2. The van der Waals surface area contributed by atoms with Gasteiger partial charge in [-0.1, -0.05) is 30.6 Å². The van der Waals surface area contributed by atoms with Crippen LogP contribution in [0.5, 0.6) is 0 Å². The largest absolute Gasteiger partial charge is 0.372 e. The summed E-state index contributed by atoms with van der Waals surface area (Å²) in [7, 11) is 0. The summed E-state index contributed by atoms with van der Waals surface area (Å²) >= 11 is 0. The van der Waals surface area contributed by atoms with Crippen molar-refractivity contribution in [2.75, 3.05) is 18.0 Å². The summed E-state index contributed by atoms with van der Waals surface area (Å²) in [5.74, 6) is 7.13. The van der Waals surface area contributed by atoms with E-state index in [0.717, 1.165) is 37.9 Å². The first kappa shape index (κ1) is 25.6. The van der Waals surface area contributed by atoms with Gasteiger partial charge in [-0.2, -0.15) is 0 Å². The quantitative estimate of drug-likeness (QED) is 0.404. The van der Waals surface area contributed by atoms with Crippen molar-refractivity contribution in [1.29, 1.82) is 0 Å². The third-order valence-corrected chi connectivity index (χ3v) is 10.9. The van der Waals surface area contributed by atoms with Gasteiger partial charge in [0.2, 0.25) is 0 Å². The lowest BCUT2D eigenvalue weighted by atomic mass is 9.48. The van der Waals surface area contributed by atoms with Crippen molar-refractivity contribution in [3.63, 3.8) is 0 Å². The average Bonchev–Trinajstić information content (AvgIpc) is 3.22. The molecule has 1 saturated heterocycles. The van der Waals surface area contributed by atoms with E-state index in [1.807, 2.05) is 6.92 Å². The number of fused-ring (bicyclic) bond motifs is 4. The molecule has 1 aliphatic heterocycles. The highest BCUT2D eigenvalue weighted by molar-refractivity contribution is 5.93. The molecule has 0 radical (unpaired) electrons. The van der Waals surface area contributed by atoms with Crippen LogP contribution in [-0.4, -0.2) is 30.8 Å². The van der Waals surface area contributed by atoms with E-state index < -0.39 is 11.6 Å². The van der Waals surface area contributed by atoms with E-state index in [1.165, 1.54) is 36.1 Å². The molecule has 4 aliphatic carbocycles. The van der Waals surface area contributed by atoms with Crippen LogP contribution in [0.2, 0.25) is 0 Å². The predicted octanol–water partition coefficient (Wildman–Crippen LogP) is 7.12. The minimum atomic E-state index is -1.11. The molecule has 1 heterocycles. The van der Waals surface area contributed by atoms with E-state index in [-0.39, 0.29) is 34.7 Å². The summed E-state index contributed by atoms with van der Waals surface area (Å²) in [6, 6.07) is 9.07. The van der Waals surface area contributed by atoms with Crippen LogP contribution in [0.3, 0.4) is 0 Å². The summed E-state index contributed by atoms with van der Waals surface area (Å²) in [6.07, 6.45) is 8.26. The molecule has 0 spiro atoms. The Hall–Kier alpha value is -2.67. The van der Waals surface area contributed by atoms with Gasteiger partial charge in [0.1, 0.15) is 12.0 Å². The molecule has 1 aromatic carbocycles. The van der Waals surface area contributed by atoms with Crippen molar-refractivity contribution in [3.05, 3.63) is 52.6 Å². The SMILES string of the molecule is CC#C[C@]1(C(C)=O)CC[C@H]2[C@@H]3CC(F)C4=CC(=O)CCC4=C3C(c3ccc(N4CCCCC4)cc3)C[C@@]21C. The smallest absolute Gasteiger partial charge is 0.156 e. The fourth-order valence-corrected chi connectivity index (χ4v) is 9.12. The zero-order valence-corrected chi connectivity index (χ0v) is 23.1. The minimum absolute atomic E-state index is 0.0446. The van der Waals surface area contributed by atoms with Crippen LogP contribution in [0.4, 0.5) is 10.1 Å². The Balaban J connectivity index is 1.49. The molecule has 200 valence electrons. The number of allylic oxidation sites excluding steroid dienone is 4. The van der Waals surface area contributed by atoms with Gasteiger partial charge in [0, 0.05) is 31.1 Å². The normalized spacial score (nSPS) is 36.5. The number of nitrogens with zero attached hydrogens (tertiary/aromatic N) is 1. The number of halogens is 1. The van der Waals surface area contributed by atoms with Crippen LogP contribution < -0.4 is 4.90 Å². The zero-order chi connectivity index (χ0) is 26.7. The van der Waals surface area contributed by atoms with Gasteiger partial charge in [0.25, 0.3) is 0 Å². The fourth-order valence-electron chi connectivity index (χ4n) is 9.12. The summed E-state index contributed by atoms with van der Waals surface area (Å²) in [5.41, 5.74) is 4.61. The number of hydrogen-bond acceptors (Lipinski definition) is 3. The first-order valence-electron chi connectivity index (χ1n) is 14.7. The van der Waals surface area contributed by atoms with Gasteiger partial charge >= 0.3 is 0 Å². The number of hydrogen-bond donors (Lipinski definition) is 0. The average molecular weight is 514 g/mol. The maximum Gasteiger partial charge on any atom is 0.156 e. The first-order valence-corrected chi connectivity index (χ1v) is 14.7.